The number of likely N-dealkylation sites (N-methyl/N-ethyl adjacent to an activating group) is 1. The zero-order chi connectivity index (χ0) is 21.0. The van der Waals surface area contributed by atoms with Crippen molar-refractivity contribution in [2.75, 3.05) is 26.7 Å². The molecule has 9 nitrogen and oxygen atoms in total. The first-order valence-electron chi connectivity index (χ1n) is 8.10. The summed E-state index contributed by atoms with van der Waals surface area (Å²) in [5, 5.41) is 18.8. The van der Waals surface area contributed by atoms with Gasteiger partial charge in [0, 0.05) is 26.6 Å². The van der Waals surface area contributed by atoms with E-state index in [0.29, 0.717) is 19.6 Å². The second kappa shape index (κ2) is 8.55. The molecule has 0 aromatic rings. The molecule has 0 aromatic carbocycles. The van der Waals surface area contributed by atoms with Crippen LogP contribution in [-0.2, 0) is 19.2 Å². The number of piperazine rings is 1. The molecule has 27 heavy (non-hydrogen) atoms. The van der Waals surface area contributed by atoms with Crippen molar-refractivity contribution < 1.29 is 42.6 Å². The molecule has 1 heterocycles. The fourth-order valence-corrected chi connectivity index (χ4v) is 2.81. The van der Waals surface area contributed by atoms with E-state index in [1.165, 1.54) is 14.0 Å². The molecule has 12 heteroatoms. The molecular weight excluding hydrogens is 375 g/mol. The maximum Gasteiger partial charge on any atom is 0.490 e. The summed E-state index contributed by atoms with van der Waals surface area (Å²) in [6.07, 6.45) is -3.35. The third kappa shape index (κ3) is 6.08. The summed E-state index contributed by atoms with van der Waals surface area (Å²) in [5.41, 5.74) is -0.238. The van der Waals surface area contributed by atoms with Gasteiger partial charge in [-0.25, -0.2) is 4.79 Å². The molecule has 1 aliphatic carbocycles. The second-order valence-corrected chi connectivity index (χ2v) is 6.40. The van der Waals surface area contributed by atoms with E-state index in [1.807, 2.05) is 0 Å². The summed E-state index contributed by atoms with van der Waals surface area (Å²) in [5.74, 6) is -3.89. The number of carbonyl (C=O) groups excluding carboxylic acids is 2. The summed E-state index contributed by atoms with van der Waals surface area (Å²) in [4.78, 5) is 47.2. The van der Waals surface area contributed by atoms with Crippen LogP contribution >= 0.6 is 0 Å². The van der Waals surface area contributed by atoms with Crippen molar-refractivity contribution in [3.05, 3.63) is 0 Å². The Balaban J connectivity index is 0.000000445. The van der Waals surface area contributed by atoms with Gasteiger partial charge in [0.1, 0.15) is 6.04 Å². The lowest BCUT2D eigenvalue weighted by Gasteiger charge is -2.42. The largest absolute Gasteiger partial charge is 0.490 e. The van der Waals surface area contributed by atoms with E-state index in [0.717, 1.165) is 12.8 Å². The van der Waals surface area contributed by atoms with Crippen LogP contribution in [-0.4, -0.2) is 88.2 Å². The first kappa shape index (κ1) is 22.7. The fraction of sp³-hybridized carbons (Fsp3) is 0.733. The predicted octanol–water partition coefficient (Wildman–Crippen LogP) is -0.0943. The van der Waals surface area contributed by atoms with Crippen LogP contribution in [0.4, 0.5) is 13.2 Å². The van der Waals surface area contributed by atoms with Crippen molar-refractivity contribution in [1.29, 1.82) is 0 Å². The van der Waals surface area contributed by atoms with Gasteiger partial charge in [0.05, 0.1) is 12.0 Å². The lowest BCUT2D eigenvalue weighted by Crippen LogP contribution is -2.58. The Hall–Kier alpha value is -2.37. The van der Waals surface area contributed by atoms with E-state index in [1.54, 1.807) is 9.80 Å². The Morgan fingerprint density at radius 2 is 1.67 bits per heavy atom. The van der Waals surface area contributed by atoms with Gasteiger partial charge in [-0.05, 0) is 19.9 Å². The van der Waals surface area contributed by atoms with Crippen LogP contribution in [0.25, 0.3) is 0 Å². The summed E-state index contributed by atoms with van der Waals surface area (Å²) >= 11 is 0. The van der Waals surface area contributed by atoms with Gasteiger partial charge in [-0.3, -0.25) is 14.4 Å². The number of nitrogens with one attached hydrogen (secondary N) is 1. The number of hydrogen-bond donors (Lipinski definition) is 3. The first-order valence-corrected chi connectivity index (χ1v) is 8.10. The maximum absolute atomic E-state index is 12.3. The smallest absolute Gasteiger partial charge is 0.480 e. The van der Waals surface area contributed by atoms with Gasteiger partial charge in [0.2, 0.25) is 11.8 Å². The van der Waals surface area contributed by atoms with Crippen LogP contribution in [0.3, 0.4) is 0 Å². The third-order valence-electron chi connectivity index (χ3n) is 4.49. The number of halogens is 3. The number of carbonyl (C=O) groups is 4. The summed E-state index contributed by atoms with van der Waals surface area (Å²) in [7, 11) is 1.53. The maximum atomic E-state index is 12.3. The van der Waals surface area contributed by atoms with Gasteiger partial charge in [0.25, 0.3) is 0 Å². The molecule has 1 unspecified atom stereocenters. The molecule has 3 N–H and O–H groups in total. The average molecular weight is 397 g/mol. The summed E-state index contributed by atoms with van der Waals surface area (Å²) in [6.45, 7) is 3.13. The molecule has 1 saturated carbocycles. The predicted molar refractivity (Wildman–Crippen MR) is 84.7 cm³/mol. The number of nitrogens with zero attached hydrogens (tertiary/aromatic N) is 2. The number of carboxylic acid groups (broad SMARTS) is 2. The van der Waals surface area contributed by atoms with Crippen molar-refractivity contribution >= 4 is 23.8 Å². The van der Waals surface area contributed by atoms with E-state index in [-0.39, 0.29) is 23.8 Å². The Labute approximate surface area is 153 Å². The molecule has 1 aliphatic heterocycles. The molecule has 0 bridgehead atoms. The van der Waals surface area contributed by atoms with Gasteiger partial charge in [-0.15, -0.1) is 0 Å². The Morgan fingerprint density at radius 3 is 2.00 bits per heavy atom. The monoisotopic (exact) mass is 397 g/mol. The van der Waals surface area contributed by atoms with E-state index in [2.05, 4.69) is 5.32 Å². The zero-order valence-corrected chi connectivity index (χ0v) is 14.9. The van der Waals surface area contributed by atoms with Crippen molar-refractivity contribution in [1.82, 2.24) is 15.1 Å². The highest BCUT2D eigenvalue weighted by Crippen LogP contribution is 2.44. The average Bonchev–Trinajstić information content (AvgIpc) is 3.31. The van der Waals surface area contributed by atoms with Gasteiger partial charge in [-0.1, -0.05) is 0 Å². The molecule has 0 aromatic heterocycles. The molecule has 0 radical (unpaired) electrons. The molecule has 1 saturated heterocycles. The van der Waals surface area contributed by atoms with Crippen molar-refractivity contribution in [3.8, 4) is 0 Å². The summed E-state index contributed by atoms with van der Waals surface area (Å²) < 4.78 is 31.7. The minimum atomic E-state index is -5.08. The van der Waals surface area contributed by atoms with Crippen LogP contribution in [0.2, 0.25) is 0 Å². The van der Waals surface area contributed by atoms with Crippen molar-refractivity contribution in [2.24, 2.45) is 0 Å². The zero-order valence-electron chi connectivity index (χ0n) is 14.9. The number of aliphatic carboxylic acids is 2. The lowest BCUT2D eigenvalue weighted by atomic mass is 10.1. The number of carboxylic acids is 2. The van der Waals surface area contributed by atoms with Crippen LogP contribution in [0.1, 0.15) is 26.2 Å². The third-order valence-corrected chi connectivity index (χ3v) is 4.49. The molecule has 1 atom stereocenters. The Kier molecular flexibility index (Phi) is 7.18. The topological polar surface area (TPSA) is 127 Å². The Morgan fingerprint density at radius 1 is 1.15 bits per heavy atom. The van der Waals surface area contributed by atoms with Gasteiger partial charge in [0.15, 0.2) is 0 Å². The first-order chi connectivity index (χ1) is 12.3. The number of alkyl halides is 3. The second-order valence-electron chi connectivity index (χ2n) is 6.40. The van der Waals surface area contributed by atoms with Crippen LogP contribution in [0, 0.1) is 0 Å². The Bertz CT molecular complexity index is 606. The van der Waals surface area contributed by atoms with E-state index >= 15 is 0 Å². The van der Waals surface area contributed by atoms with E-state index in [9.17, 15) is 27.6 Å². The van der Waals surface area contributed by atoms with Gasteiger partial charge >= 0.3 is 18.1 Å². The SMILES string of the molecule is CNC(CC(=O)N1CCN(C(C)=O)CC12CC2)C(=O)O.O=C(O)C(F)(F)F. The minimum absolute atomic E-state index is 0.0296. The highest BCUT2D eigenvalue weighted by Gasteiger charge is 2.53. The lowest BCUT2D eigenvalue weighted by molar-refractivity contribution is -0.192. The van der Waals surface area contributed by atoms with E-state index in [4.69, 9.17) is 15.0 Å². The highest BCUT2D eigenvalue weighted by molar-refractivity contribution is 5.85. The van der Waals surface area contributed by atoms with Crippen LogP contribution in [0.5, 0.6) is 0 Å². The van der Waals surface area contributed by atoms with Gasteiger partial charge in [-0.2, -0.15) is 13.2 Å². The number of amides is 2. The molecule has 2 fully saturated rings. The normalized spacial score (nSPS) is 19.0. The van der Waals surface area contributed by atoms with Crippen LogP contribution in [0.15, 0.2) is 0 Å². The fourth-order valence-electron chi connectivity index (χ4n) is 2.81. The quantitative estimate of drug-likeness (QED) is 0.605. The van der Waals surface area contributed by atoms with Crippen molar-refractivity contribution in [3.63, 3.8) is 0 Å². The molecule has 1 spiro atoms. The highest BCUT2D eigenvalue weighted by atomic mass is 19.4. The van der Waals surface area contributed by atoms with Gasteiger partial charge < -0.3 is 25.3 Å². The molecule has 2 aliphatic rings. The molecule has 154 valence electrons. The van der Waals surface area contributed by atoms with Crippen LogP contribution < -0.4 is 5.32 Å². The summed E-state index contributed by atoms with van der Waals surface area (Å²) in [6, 6.07) is -0.857. The van der Waals surface area contributed by atoms with Crippen molar-refractivity contribution in [2.45, 2.75) is 43.9 Å². The molecular formula is C15H22F3N3O6. The minimum Gasteiger partial charge on any atom is -0.480 e. The number of rotatable bonds is 4. The number of hydrogen-bond acceptors (Lipinski definition) is 5. The standard InChI is InChI=1S/C13H21N3O4.C2HF3O2/c1-9(17)15-5-6-16(13(8-15)3-4-13)11(18)7-10(14-2)12(19)20;3-2(4,5)1(6)7/h10,14H,3-8H2,1-2H3,(H,19,20);(H,6,7). The molecule has 2 amide bonds. The molecule has 2 rings (SSSR count). The van der Waals surface area contributed by atoms with E-state index < -0.39 is 24.2 Å².